The SMILES string of the molecule is CNC(CCC1CCCO1)CC(C)C(C)(C)C. The standard InChI is InChI=1S/C15H31NO/c1-12(15(2,3)4)11-13(16-5)8-9-14-7-6-10-17-14/h12-14,16H,6-11H2,1-5H3. The average Bonchev–Trinajstić information content (AvgIpc) is 2.75. The van der Waals surface area contributed by atoms with E-state index >= 15 is 0 Å². The van der Waals surface area contributed by atoms with Gasteiger partial charge in [-0.3, -0.25) is 0 Å². The summed E-state index contributed by atoms with van der Waals surface area (Å²) >= 11 is 0. The highest BCUT2D eigenvalue weighted by atomic mass is 16.5. The maximum absolute atomic E-state index is 5.69. The van der Waals surface area contributed by atoms with Crippen LogP contribution in [0.2, 0.25) is 0 Å². The van der Waals surface area contributed by atoms with Gasteiger partial charge in [-0.25, -0.2) is 0 Å². The first-order valence-corrected chi connectivity index (χ1v) is 7.22. The van der Waals surface area contributed by atoms with E-state index in [4.69, 9.17) is 4.74 Å². The third-order valence-electron chi connectivity index (χ3n) is 4.39. The number of hydrogen-bond donors (Lipinski definition) is 1. The highest BCUT2D eigenvalue weighted by molar-refractivity contribution is 4.78. The van der Waals surface area contributed by atoms with Gasteiger partial charge in [0.25, 0.3) is 0 Å². The molecule has 1 aliphatic heterocycles. The first-order valence-electron chi connectivity index (χ1n) is 7.22. The fraction of sp³-hybridized carbons (Fsp3) is 1.00. The van der Waals surface area contributed by atoms with E-state index in [9.17, 15) is 0 Å². The molecular formula is C15H31NO. The maximum Gasteiger partial charge on any atom is 0.0576 e. The third-order valence-corrected chi connectivity index (χ3v) is 4.39. The van der Waals surface area contributed by atoms with E-state index in [1.165, 1.54) is 32.1 Å². The molecule has 1 fully saturated rings. The van der Waals surface area contributed by atoms with Crippen LogP contribution < -0.4 is 5.32 Å². The Hall–Kier alpha value is -0.0800. The molecule has 0 aromatic carbocycles. The molecule has 0 spiro atoms. The molecule has 2 nitrogen and oxygen atoms in total. The molecule has 1 aliphatic rings. The van der Waals surface area contributed by atoms with Gasteiger partial charge in [0.05, 0.1) is 6.10 Å². The molecule has 0 bridgehead atoms. The summed E-state index contributed by atoms with van der Waals surface area (Å²) < 4.78 is 5.69. The fourth-order valence-corrected chi connectivity index (χ4v) is 2.42. The van der Waals surface area contributed by atoms with Gasteiger partial charge in [-0.05, 0) is 50.5 Å². The van der Waals surface area contributed by atoms with E-state index in [1.807, 2.05) is 0 Å². The van der Waals surface area contributed by atoms with Gasteiger partial charge in [-0.15, -0.1) is 0 Å². The number of rotatable bonds is 6. The van der Waals surface area contributed by atoms with Crippen molar-refractivity contribution in [3.8, 4) is 0 Å². The Kier molecular flexibility index (Phi) is 5.94. The molecule has 17 heavy (non-hydrogen) atoms. The molecule has 1 saturated heterocycles. The van der Waals surface area contributed by atoms with Gasteiger partial charge in [0.15, 0.2) is 0 Å². The van der Waals surface area contributed by atoms with Gasteiger partial charge in [0, 0.05) is 12.6 Å². The zero-order valence-electron chi connectivity index (χ0n) is 12.4. The van der Waals surface area contributed by atoms with Crippen molar-refractivity contribution in [2.45, 2.75) is 71.9 Å². The zero-order valence-corrected chi connectivity index (χ0v) is 12.4. The van der Waals surface area contributed by atoms with Crippen LogP contribution in [0.15, 0.2) is 0 Å². The minimum Gasteiger partial charge on any atom is -0.378 e. The highest BCUT2D eigenvalue weighted by Crippen LogP contribution is 2.30. The van der Waals surface area contributed by atoms with E-state index in [0.717, 1.165) is 12.5 Å². The van der Waals surface area contributed by atoms with Crippen LogP contribution in [0.3, 0.4) is 0 Å². The summed E-state index contributed by atoms with van der Waals surface area (Å²) in [7, 11) is 2.09. The number of ether oxygens (including phenoxy) is 1. The minimum atomic E-state index is 0.416. The zero-order chi connectivity index (χ0) is 12.9. The molecule has 1 N–H and O–H groups in total. The van der Waals surface area contributed by atoms with Crippen molar-refractivity contribution in [2.24, 2.45) is 11.3 Å². The van der Waals surface area contributed by atoms with Crippen LogP contribution >= 0.6 is 0 Å². The number of nitrogens with one attached hydrogen (secondary N) is 1. The van der Waals surface area contributed by atoms with E-state index in [2.05, 4.69) is 40.1 Å². The monoisotopic (exact) mass is 241 g/mol. The van der Waals surface area contributed by atoms with Crippen molar-refractivity contribution >= 4 is 0 Å². The predicted octanol–water partition coefficient (Wildman–Crippen LogP) is 3.61. The molecule has 0 aliphatic carbocycles. The fourth-order valence-electron chi connectivity index (χ4n) is 2.42. The third kappa shape index (κ3) is 5.39. The van der Waals surface area contributed by atoms with Crippen molar-refractivity contribution in [3.05, 3.63) is 0 Å². The molecule has 3 atom stereocenters. The molecule has 1 rings (SSSR count). The predicted molar refractivity (Wildman–Crippen MR) is 74.3 cm³/mol. The maximum atomic E-state index is 5.69. The molecule has 0 amide bonds. The van der Waals surface area contributed by atoms with Crippen LogP contribution in [-0.2, 0) is 4.74 Å². The van der Waals surface area contributed by atoms with Crippen molar-refractivity contribution < 1.29 is 4.74 Å². The summed E-state index contributed by atoms with van der Waals surface area (Å²) in [5.41, 5.74) is 0.416. The van der Waals surface area contributed by atoms with Crippen LogP contribution in [0.4, 0.5) is 0 Å². The lowest BCUT2D eigenvalue weighted by Crippen LogP contribution is -2.32. The van der Waals surface area contributed by atoms with Gasteiger partial charge in [0.1, 0.15) is 0 Å². The molecule has 0 saturated carbocycles. The quantitative estimate of drug-likeness (QED) is 0.767. The molecule has 1 heterocycles. The molecule has 0 radical (unpaired) electrons. The van der Waals surface area contributed by atoms with Crippen molar-refractivity contribution in [2.75, 3.05) is 13.7 Å². The second-order valence-electron chi connectivity index (χ2n) is 6.70. The molecule has 3 unspecified atom stereocenters. The molecule has 102 valence electrons. The largest absolute Gasteiger partial charge is 0.378 e. The van der Waals surface area contributed by atoms with Gasteiger partial charge in [0.2, 0.25) is 0 Å². The van der Waals surface area contributed by atoms with Crippen molar-refractivity contribution in [3.63, 3.8) is 0 Å². The lowest BCUT2D eigenvalue weighted by molar-refractivity contribution is 0.0977. The van der Waals surface area contributed by atoms with Crippen LogP contribution in [0.1, 0.15) is 59.8 Å². The van der Waals surface area contributed by atoms with E-state index in [1.54, 1.807) is 0 Å². The lowest BCUT2D eigenvalue weighted by Gasteiger charge is -2.31. The first kappa shape index (κ1) is 15.0. The van der Waals surface area contributed by atoms with Crippen molar-refractivity contribution in [1.82, 2.24) is 5.32 Å². The van der Waals surface area contributed by atoms with E-state index < -0.39 is 0 Å². The molecular weight excluding hydrogens is 210 g/mol. The molecule has 0 aromatic rings. The molecule has 0 aromatic heterocycles. The Labute approximate surface area is 108 Å². The van der Waals surface area contributed by atoms with Crippen LogP contribution in [0.25, 0.3) is 0 Å². The van der Waals surface area contributed by atoms with Crippen LogP contribution in [0.5, 0.6) is 0 Å². The first-order chi connectivity index (χ1) is 7.93. The Morgan fingerprint density at radius 2 is 2.06 bits per heavy atom. The smallest absolute Gasteiger partial charge is 0.0576 e. The normalized spacial score (nSPS) is 24.9. The van der Waals surface area contributed by atoms with Gasteiger partial charge in [-0.2, -0.15) is 0 Å². The topological polar surface area (TPSA) is 21.3 Å². The number of hydrogen-bond acceptors (Lipinski definition) is 2. The Balaban J connectivity index is 2.27. The Morgan fingerprint density at radius 3 is 2.53 bits per heavy atom. The second kappa shape index (κ2) is 6.75. The summed E-state index contributed by atoms with van der Waals surface area (Å²) in [6.07, 6.45) is 6.81. The van der Waals surface area contributed by atoms with Crippen LogP contribution in [0, 0.1) is 11.3 Å². The summed E-state index contributed by atoms with van der Waals surface area (Å²) in [6, 6.07) is 0.647. The van der Waals surface area contributed by atoms with E-state index in [0.29, 0.717) is 17.6 Å². The summed E-state index contributed by atoms with van der Waals surface area (Å²) in [5, 5.41) is 3.47. The molecule has 2 heteroatoms. The van der Waals surface area contributed by atoms with Gasteiger partial charge < -0.3 is 10.1 Å². The summed E-state index contributed by atoms with van der Waals surface area (Å²) in [5.74, 6) is 0.754. The minimum absolute atomic E-state index is 0.416. The Morgan fingerprint density at radius 1 is 1.35 bits per heavy atom. The summed E-state index contributed by atoms with van der Waals surface area (Å²) in [4.78, 5) is 0. The van der Waals surface area contributed by atoms with Gasteiger partial charge in [-0.1, -0.05) is 27.7 Å². The lowest BCUT2D eigenvalue weighted by atomic mass is 9.78. The average molecular weight is 241 g/mol. The van der Waals surface area contributed by atoms with Crippen molar-refractivity contribution in [1.29, 1.82) is 0 Å². The Bertz CT molecular complexity index is 203. The van der Waals surface area contributed by atoms with E-state index in [-0.39, 0.29) is 0 Å². The highest BCUT2D eigenvalue weighted by Gasteiger charge is 2.24. The van der Waals surface area contributed by atoms with Crippen LogP contribution in [-0.4, -0.2) is 25.8 Å². The second-order valence-corrected chi connectivity index (χ2v) is 6.70. The summed E-state index contributed by atoms with van der Waals surface area (Å²) in [6.45, 7) is 10.4. The van der Waals surface area contributed by atoms with Gasteiger partial charge >= 0.3 is 0 Å².